The molecule has 1 rings (SSSR count). The van der Waals surface area contributed by atoms with Crippen LogP contribution in [0.5, 0.6) is 0 Å². The summed E-state index contributed by atoms with van der Waals surface area (Å²) in [6, 6.07) is 0. The molecular weight excluding hydrogens is 212 g/mol. The largest absolute Gasteiger partial charge is 0.316 e. The van der Waals surface area contributed by atoms with E-state index < -0.39 is 10.0 Å². The molecule has 0 aliphatic carbocycles. The van der Waals surface area contributed by atoms with Gasteiger partial charge in [-0.25, -0.2) is 13.1 Å². The summed E-state index contributed by atoms with van der Waals surface area (Å²) >= 11 is 0. The van der Waals surface area contributed by atoms with Crippen molar-refractivity contribution in [2.75, 3.05) is 25.4 Å². The van der Waals surface area contributed by atoms with Gasteiger partial charge in [0.2, 0.25) is 10.0 Å². The SMILES string of the molecule is CCCS(=O)(=O)NCC1CNCCC1C. The maximum atomic E-state index is 11.4. The lowest BCUT2D eigenvalue weighted by molar-refractivity contribution is 0.275. The van der Waals surface area contributed by atoms with E-state index in [-0.39, 0.29) is 5.75 Å². The average Bonchev–Trinajstić information content (AvgIpc) is 2.16. The van der Waals surface area contributed by atoms with Gasteiger partial charge in [0, 0.05) is 6.54 Å². The molecule has 1 aliphatic rings. The fraction of sp³-hybridized carbons (Fsp3) is 1.00. The van der Waals surface area contributed by atoms with Crippen molar-refractivity contribution in [3.8, 4) is 0 Å². The van der Waals surface area contributed by atoms with Crippen LogP contribution in [-0.2, 0) is 10.0 Å². The third-order valence-corrected chi connectivity index (χ3v) is 4.58. The van der Waals surface area contributed by atoms with Crippen molar-refractivity contribution in [3.63, 3.8) is 0 Å². The van der Waals surface area contributed by atoms with Crippen molar-refractivity contribution in [1.29, 1.82) is 0 Å². The van der Waals surface area contributed by atoms with E-state index >= 15 is 0 Å². The van der Waals surface area contributed by atoms with Crippen molar-refractivity contribution < 1.29 is 8.42 Å². The Hall–Kier alpha value is -0.130. The summed E-state index contributed by atoms with van der Waals surface area (Å²) in [6.45, 7) is 6.63. The molecule has 1 aliphatic heterocycles. The number of hydrogen-bond donors (Lipinski definition) is 2. The smallest absolute Gasteiger partial charge is 0.211 e. The van der Waals surface area contributed by atoms with E-state index in [9.17, 15) is 8.42 Å². The Morgan fingerprint density at radius 3 is 2.80 bits per heavy atom. The van der Waals surface area contributed by atoms with Crippen LogP contribution in [0.4, 0.5) is 0 Å². The summed E-state index contributed by atoms with van der Waals surface area (Å²) in [6.07, 6.45) is 1.81. The molecule has 0 aromatic rings. The second kappa shape index (κ2) is 5.82. The van der Waals surface area contributed by atoms with E-state index in [1.807, 2.05) is 6.92 Å². The summed E-state index contributed by atoms with van der Waals surface area (Å²) < 4.78 is 25.6. The molecule has 0 bridgehead atoms. The van der Waals surface area contributed by atoms with Crippen LogP contribution < -0.4 is 10.0 Å². The molecule has 4 nitrogen and oxygen atoms in total. The summed E-state index contributed by atoms with van der Waals surface area (Å²) in [7, 11) is -3.03. The van der Waals surface area contributed by atoms with Gasteiger partial charge in [0.25, 0.3) is 0 Å². The van der Waals surface area contributed by atoms with Crippen LogP contribution in [0.3, 0.4) is 0 Å². The van der Waals surface area contributed by atoms with Crippen LogP contribution in [0.2, 0.25) is 0 Å². The molecule has 1 saturated heterocycles. The van der Waals surface area contributed by atoms with Crippen LogP contribution in [0.1, 0.15) is 26.7 Å². The third-order valence-electron chi connectivity index (χ3n) is 3.03. The predicted molar refractivity (Wildman–Crippen MR) is 62.2 cm³/mol. The van der Waals surface area contributed by atoms with Gasteiger partial charge in [0.1, 0.15) is 0 Å². The van der Waals surface area contributed by atoms with Gasteiger partial charge in [-0.15, -0.1) is 0 Å². The van der Waals surface area contributed by atoms with Crippen LogP contribution >= 0.6 is 0 Å². The lowest BCUT2D eigenvalue weighted by Gasteiger charge is -2.29. The van der Waals surface area contributed by atoms with Gasteiger partial charge in [-0.05, 0) is 37.8 Å². The highest BCUT2D eigenvalue weighted by Crippen LogP contribution is 2.17. The van der Waals surface area contributed by atoms with Crippen molar-refractivity contribution in [1.82, 2.24) is 10.0 Å². The Balaban J connectivity index is 2.35. The maximum Gasteiger partial charge on any atom is 0.211 e. The Morgan fingerprint density at radius 2 is 2.20 bits per heavy atom. The Kier molecular flexibility index (Phi) is 5.02. The molecule has 0 saturated carbocycles. The monoisotopic (exact) mass is 234 g/mol. The molecule has 0 radical (unpaired) electrons. The Bertz CT molecular complexity index is 277. The van der Waals surface area contributed by atoms with E-state index in [1.165, 1.54) is 0 Å². The highest BCUT2D eigenvalue weighted by molar-refractivity contribution is 7.89. The molecule has 0 spiro atoms. The molecule has 90 valence electrons. The summed E-state index contributed by atoms with van der Waals surface area (Å²) in [5.74, 6) is 1.28. The van der Waals surface area contributed by atoms with Gasteiger partial charge in [0.15, 0.2) is 0 Å². The van der Waals surface area contributed by atoms with Gasteiger partial charge in [-0.3, -0.25) is 0 Å². The highest BCUT2D eigenvalue weighted by atomic mass is 32.2. The first kappa shape index (κ1) is 12.9. The first-order chi connectivity index (χ1) is 7.05. The van der Waals surface area contributed by atoms with Gasteiger partial charge < -0.3 is 5.32 Å². The minimum atomic E-state index is -3.03. The zero-order chi connectivity index (χ0) is 11.3. The lowest BCUT2D eigenvalue weighted by Crippen LogP contribution is -2.42. The summed E-state index contributed by atoms with van der Waals surface area (Å²) in [5.41, 5.74) is 0. The van der Waals surface area contributed by atoms with Crippen molar-refractivity contribution in [2.45, 2.75) is 26.7 Å². The molecule has 2 N–H and O–H groups in total. The topological polar surface area (TPSA) is 58.2 Å². The Morgan fingerprint density at radius 1 is 1.47 bits per heavy atom. The Labute approximate surface area is 92.9 Å². The van der Waals surface area contributed by atoms with E-state index in [0.717, 1.165) is 19.5 Å². The minimum absolute atomic E-state index is 0.238. The van der Waals surface area contributed by atoms with Crippen LogP contribution in [0.15, 0.2) is 0 Å². The normalized spacial score (nSPS) is 27.9. The van der Waals surface area contributed by atoms with E-state index in [2.05, 4.69) is 17.0 Å². The second-order valence-electron chi connectivity index (χ2n) is 4.40. The van der Waals surface area contributed by atoms with Crippen LogP contribution in [0, 0.1) is 11.8 Å². The van der Waals surface area contributed by atoms with Gasteiger partial charge in [-0.2, -0.15) is 0 Å². The summed E-state index contributed by atoms with van der Waals surface area (Å²) in [5, 5.41) is 3.30. The van der Waals surface area contributed by atoms with Crippen molar-refractivity contribution in [3.05, 3.63) is 0 Å². The van der Waals surface area contributed by atoms with Crippen LogP contribution in [-0.4, -0.2) is 33.8 Å². The predicted octanol–water partition coefficient (Wildman–Crippen LogP) is 0.561. The molecule has 1 fully saturated rings. The molecule has 2 atom stereocenters. The molecule has 0 amide bonds. The zero-order valence-corrected chi connectivity index (χ0v) is 10.4. The molecule has 5 heteroatoms. The number of nitrogens with one attached hydrogen (secondary N) is 2. The molecular formula is C10H22N2O2S. The van der Waals surface area contributed by atoms with Gasteiger partial charge in [0.05, 0.1) is 5.75 Å². The molecule has 0 aromatic heterocycles. The standard InChI is InChI=1S/C10H22N2O2S/c1-3-6-15(13,14)12-8-10-7-11-5-4-9(10)2/h9-12H,3-8H2,1-2H3. The van der Waals surface area contributed by atoms with Gasteiger partial charge in [-0.1, -0.05) is 13.8 Å². The fourth-order valence-corrected chi connectivity index (χ4v) is 3.05. The third kappa shape index (κ3) is 4.49. The molecule has 15 heavy (non-hydrogen) atoms. The van der Waals surface area contributed by atoms with Crippen molar-refractivity contribution in [2.24, 2.45) is 11.8 Å². The number of piperidine rings is 1. The zero-order valence-electron chi connectivity index (χ0n) is 9.62. The van der Waals surface area contributed by atoms with E-state index in [4.69, 9.17) is 0 Å². The fourth-order valence-electron chi connectivity index (χ4n) is 1.90. The number of sulfonamides is 1. The number of hydrogen-bond acceptors (Lipinski definition) is 3. The first-order valence-electron chi connectivity index (χ1n) is 5.73. The van der Waals surface area contributed by atoms with E-state index in [0.29, 0.717) is 24.8 Å². The highest BCUT2D eigenvalue weighted by Gasteiger charge is 2.22. The lowest BCUT2D eigenvalue weighted by atomic mass is 9.88. The molecule has 0 aromatic carbocycles. The van der Waals surface area contributed by atoms with E-state index in [1.54, 1.807) is 0 Å². The minimum Gasteiger partial charge on any atom is -0.316 e. The van der Waals surface area contributed by atoms with Crippen LogP contribution in [0.25, 0.3) is 0 Å². The quantitative estimate of drug-likeness (QED) is 0.731. The van der Waals surface area contributed by atoms with Gasteiger partial charge >= 0.3 is 0 Å². The number of rotatable bonds is 5. The molecule has 1 heterocycles. The second-order valence-corrected chi connectivity index (χ2v) is 6.32. The first-order valence-corrected chi connectivity index (χ1v) is 7.38. The summed E-state index contributed by atoms with van der Waals surface area (Å²) in [4.78, 5) is 0. The average molecular weight is 234 g/mol. The van der Waals surface area contributed by atoms with Crippen molar-refractivity contribution >= 4 is 10.0 Å². The molecule has 2 unspecified atom stereocenters. The maximum absolute atomic E-state index is 11.4.